The van der Waals surface area contributed by atoms with Crippen molar-refractivity contribution in [2.75, 3.05) is 6.61 Å². The van der Waals surface area contributed by atoms with Gasteiger partial charge >= 0.3 is 6.03 Å². The van der Waals surface area contributed by atoms with E-state index >= 15 is 0 Å². The van der Waals surface area contributed by atoms with Gasteiger partial charge in [-0.1, -0.05) is 11.6 Å². The van der Waals surface area contributed by atoms with Crippen molar-refractivity contribution in [1.29, 1.82) is 0 Å². The topological polar surface area (TPSA) is 109 Å². The van der Waals surface area contributed by atoms with Gasteiger partial charge in [-0.2, -0.15) is 0 Å². The number of carbonyl (C=O) groups excluding carboxylic acids is 3. The number of phenolic OH excluding ortho intramolecular Hbond substituents is 1. The quantitative estimate of drug-likeness (QED) is 0.600. The Hall–Kier alpha value is -3.26. The molecular formula is C18H15ClN2O6. The van der Waals surface area contributed by atoms with Crippen LogP contribution in [0, 0.1) is 0 Å². The lowest BCUT2D eigenvalue weighted by atomic mass is 10.1. The van der Waals surface area contributed by atoms with E-state index in [-0.39, 0.29) is 35.2 Å². The van der Waals surface area contributed by atoms with Gasteiger partial charge in [-0.15, -0.1) is 0 Å². The number of nitrogens with zero attached hydrogens (tertiary/aromatic N) is 1. The predicted molar refractivity (Wildman–Crippen MR) is 95.1 cm³/mol. The largest absolute Gasteiger partial charge is 0.503 e. The van der Waals surface area contributed by atoms with Gasteiger partial charge in [0.05, 0.1) is 24.4 Å². The highest BCUT2D eigenvalue weighted by atomic mass is 35.5. The summed E-state index contributed by atoms with van der Waals surface area (Å²) in [5.41, 5.74) is 0.0948. The van der Waals surface area contributed by atoms with Crippen molar-refractivity contribution in [1.82, 2.24) is 10.2 Å². The molecule has 0 aliphatic carbocycles. The Morgan fingerprint density at radius 3 is 2.78 bits per heavy atom. The number of phenols is 1. The SMILES string of the molecule is CCOc1cc(C=C2C(=O)NC(=O)N(Cc3ccco3)C2=O)cc(Cl)c1O. The molecule has 0 spiro atoms. The summed E-state index contributed by atoms with van der Waals surface area (Å²) in [4.78, 5) is 37.7. The number of hydrogen-bond donors (Lipinski definition) is 2. The Morgan fingerprint density at radius 2 is 2.11 bits per heavy atom. The molecule has 3 rings (SSSR count). The normalized spacial score (nSPS) is 16.0. The maximum Gasteiger partial charge on any atom is 0.331 e. The smallest absolute Gasteiger partial charge is 0.331 e. The summed E-state index contributed by atoms with van der Waals surface area (Å²) in [6, 6.07) is 5.20. The molecule has 1 aromatic heterocycles. The summed E-state index contributed by atoms with van der Waals surface area (Å²) in [7, 11) is 0. The summed E-state index contributed by atoms with van der Waals surface area (Å²) in [6.07, 6.45) is 2.68. The first-order valence-electron chi connectivity index (χ1n) is 7.97. The second-order valence-corrected chi connectivity index (χ2v) is 5.98. The number of urea groups is 1. The fourth-order valence-corrected chi connectivity index (χ4v) is 2.72. The van der Waals surface area contributed by atoms with E-state index in [4.69, 9.17) is 20.8 Å². The van der Waals surface area contributed by atoms with E-state index < -0.39 is 17.8 Å². The summed E-state index contributed by atoms with van der Waals surface area (Å²) in [6.45, 7) is 1.90. The molecule has 0 atom stereocenters. The highest BCUT2D eigenvalue weighted by molar-refractivity contribution is 6.33. The van der Waals surface area contributed by atoms with Crippen LogP contribution in [-0.2, 0) is 16.1 Å². The fraction of sp³-hybridized carbons (Fsp3) is 0.167. The van der Waals surface area contributed by atoms with Gasteiger partial charge in [0.25, 0.3) is 11.8 Å². The van der Waals surface area contributed by atoms with Crippen LogP contribution in [0.15, 0.2) is 40.5 Å². The fourth-order valence-electron chi connectivity index (χ4n) is 2.51. The van der Waals surface area contributed by atoms with E-state index in [1.807, 2.05) is 0 Å². The van der Waals surface area contributed by atoms with Gasteiger partial charge in [0.2, 0.25) is 0 Å². The number of rotatable bonds is 5. The molecule has 1 aliphatic heterocycles. The van der Waals surface area contributed by atoms with Crippen molar-refractivity contribution < 1.29 is 28.6 Å². The monoisotopic (exact) mass is 390 g/mol. The molecule has 8 nitrogen and oxygen atoms in total. The molecule has 2 heterocycles. The zero-order chi connectivity index (χ0) is 19.6. The van der Waals surface area contributed by atoms with Crippen molar-refractivity contribution in [3.63, 3.8) is 0 Å². The van der Waals surface area contributed by atoms with Gasteiger partial charge in [0.1, 0.15) is 11.3 Å². The maximum absolute atomic E-state index is 12.7. The van der Waals surface area contributed by atoms with E-state index in [1.54, 1.807) is 19.1 Å². The van der Waals surface area contributed by atoms with Crippen molar-refractivity contribution in [2.24, 2.45) is 0 Å². The summed E-state index contributed by atoms with van der Waals surface area (Å²) in [5, 5.41) is 12.0. The molecule has 1 saturated heterocycles. The Labute approximate surface area is 159 Å². The van der Waals surface area contributed by atoms with E-state index in [0.29, 0.717) is 11.3 Å². The van der Waals surface area contributed by atoms with Crippen molar-refractivity contribution in [3.05, 3.63) is 52.4 Å². The zero-order valence-corrected chi connectivity index (χ0v) is 14.9. The van der Waals surface area contributed by atoms with Gasteiger partial charge in [0.15, 0.2) is 11.5 Å². The Balaban J connectivity index is 1.95. The molecule has 140 valence electrons. The number of barbiturate groups is 1. The number of halogens is 1. The van der Waals surface area contributed by atoms with Gasteiger partial charge in [-0.3, -0.25) is 19.8 Å². The standard InChI is InChI=1S/C18H15ClN2O6/c1-2-26-14-8-10(7-13(19)15(14)22)6-12-16(23)20-18(25)21(17(12)24)9-11-4-3-5-27-11/h3-8,22H,2,9H2,1H3,(H,20,23,25). The maximum atomic E-state index is 12.7. The molecule has 4 amide bonds. The summed E-state index contributed by atoms with van der Waals surface area (Å²) < 4.78 is 10.4. The number of furan rings is 1. The lowest BCUT2D eigenvalue weighted by molar-refractivity contribution is -0.130. The lowest BCUT2D eigenvalue weighted by Crippen LogP contribution is -2.53. The summed E-state index contributed by atoms with van der Waals surface area (Å²) >= 11 is 5.97. The highest BCUT2D eigenvalue weighted by Gasteiger charge is 2.36. The highest BCUT2D eigenvalue weighted by Crippen LogP contribution is 2.36. The Morgan fingerprint density at radius 1 is 1.33 bits per heavy atom. The minimum atomic E-state index is -0.836. The van der Waals surface area contributed by atoms with Crippen LogP contribution in [-0.4, -0.2) is 34.5 Å². The van der Waals surface area contributed by atoms with Crippen molar-refractivity contribution >= 4 is 35.5 Å². The van der Waals surface area contributed by atoms with Crippen LogP contribution in [0.5, 0.6) is 11.5 Å². The Kier molecular flexibility index (Phi) is 5.18. The molecule has 1 aliphatic rings. The first kappa shape index (κ1) is 18.5. The van der Waals surface area contributed by atoms with E-state index in [9.17, 15) is 19.5 Å². The molecule has 27 heavy (non-hydrogen) atoms. The molecular weight excluding hydrogens is 376 g/mol. The lowest BCUT2D eigenvalue weighted by Gasteiger charge is -2.25. The van der Waals surface area contributed by atoms with E-state index in [2.05, 4.69) is 5.32 Å². The van der Waals surface area contributed by atoms with Gasteiger partial charge in [-0.05, 0) is 42.8 Å². The van der Waals surface area contributed by atoms with Crippen LogP contribution < -0.4 is 10.1 Å². The molecule has 1 fully saturated rings. The number of nitrogens with one attached hydrogen (secondary N) is 1. The number of aromatic hydroxyl groups is 1. The molecule has 1 aromatic carbocycles. The zero-order valence-electron chi connectivity index (χ0n) is 14.2. The van der Waals surface area contributed by atoms with Crippen LogP contribution in [0.1, 0.15) is 18.2 Å². The number of amides is 4. The number of hydrogen-bond acceptors (Lipinski definition) is 6. The first-order chi connectivity index (χ1) is 12.9. The summed E-state index contributed by atoms with van der Waals surface area (Å²) in [5.74, 6) is -1.34. The third-order valence-electron chi connectivity index (χ3n) is 3.74. The van der Waals surface area contributed by atoms with Crippen LogP contribution >= 0.6 is 11.6 Å². The van der Waals surface area contributed by atoms with Gasteiger partial charge in [0, 0.05) is 0 Å². The molecule has 0 saturated carbocycles. The molecule has 0 unspecified atom stereocenters. The average Bonchev–Trinajstić information content (AvgIpc) is 3.13. The van der Waals surface area contributed by atoms with Crippen LogP contribution in [0.3, 0.4) is 0 Å². The molecule has 9 heteroatoms. The van der Waals surface area contributed by atoms with Crippen molar-refractivity contribution in [3.8, 4) is 11.5 Å². The second-order valence-electron chi connectivity index (χ2n) is 5.57. The Bertz CT molecular complexity index is 936. The first-order valence-corrected chi connectivity index (χ1v) is 8.35. The second kappa shape index (κ2) is 7.55. The number of carbonyl (C=O) groups is 3. The van der Waals surface area contributed by atoms with Crippen molar-refractivity contribution in [2.45, 2.75) is 13.5 Å². The minimum absolute atomic E-state index is 0.0000142. The third-order valence-corrected chi connectivity index (χ3v) is 4.03. The number of benzene rings is 1. The van der Waals surface area contributed by atoms with Crippen LogP contribution in [0.4, 0.5) is 4.79 Å². The van der Waals surface area contributed by atoms with Gasteiger partial charge in [-0.25, -0.2) is 4.79 Å². The molecule has 0 bridgehead atoms. The number of ether oxygens (including phenoxy) is 1. The van der Waals surface area contributed by atoms with E-state index in [1.165, 1.54) is 24.5 Å². The van der Waals surface area contributed by atoms with E-state index in [0.717, 1.165) is 4.90 Å². The van der Waals surface area contributed by atoms with Gasteiger partial charge < -0.3 is 14.3 Å². The third kappa shape index (κ3) is 3.80. The molecule has 0 radical (unpaired) electrons. The average molecular weight is 391 g/mol. The molecule has 2 N–H and O–H groups in total. The number of imide groups is 2. The van der Waals surface area contributed by atoms with Crippen LogP contribution in [0.2, 0.25) is 5.02 Å². The predicted octanol–water partition coefficient (Wildman–Crippen LogP) is 2.70. The minimum Gasteiger partial charge on any atom is -0.503 e. The van der Waals surface area contributed by atoms with Crippen LogP contribution in [0.25, 0.3) is 6.08 Å². The molecule has 2 aromatic rings.